The SMILES string of the molecule is CCCC1CCCCN1CC(N)(CO)c1ccccc1. The van der Waals surface area contributed by atoms with Crippen molar-refractivity contribution in [3.8, 4) is 0 Å². The van der Waals surface area contributed by atoms with Crippen molar-refractivity contribution in [2.45, 2.75) is 50.6 Å². The van der Waals surface area contributed by atoms with Crippen LogP contribution in [0.1, 0.15) is 44.6 Å². The molecule has 0 aromatic heterocycles. The van der Waals surface area contributed by atoms with Gasteiger partial charge in [0.15, 0.2) is 0 Å². The third-order valence-corrected chi connectivity index (χ3v) is 4.49. The van der Waals surface area contributed by atoms with Gasteiger partial charge in [0.05, 0.1) is 12.1 Å². The second-order valence-corrected chi connectivity index (χ2v) is 6.09. The lowest BCUT2D eigenvalue weighted by molar-refractivity contribution is 0.0792. The van der Waals surface area contributed by atoms with Crippen molar-refractivity contribution in [1.29, 1.82) is 0 Å². The quantitative estimate of drug-likeness (QED) is 0.839. The Balaban J connectivity index is 2.11. The zero-order chi connectivity index (χ0) is 14.4. The zero-order valence-electron chi connectivity index (χ0n) is 12.6. The predicted molar refractivity (Wildman–Crippen MR) is 83.5 cm³/mol. The highest BCUT2D eigenvalue weighted by atomic mass is 16.3. The molecule has 2 unspecified atom stereocenters. The van der Waals surface area contributed by atoms with Crippen LogP contribution >= 0.6 is 0 Å². The maximum atomic E-state index is 9.83. The number of benzene rings is 1. The first-order chi connectivity index (χ1) is 9.69. The van der Waals surface area contributed by atoms with E-state index >= 15 is 0 Å². The molecular weight excluding hydrogens is 248 g/mol. The van der Waals surface area contributed by atoms with Gasteiger partial charge in [-0.15, -0.1) is 0 Å². The molecule has 2 rings (SSSR count). The summed E-state index contributed by atoms with van der Waals surface area (Å²) in [6.45, 7) is 4.09. The fourth-order valence-electron chi connectivity index (χ4n) is 3.29. The molecule has 1 aromatic carbocycles. The highest BCUT2D eigenvalue weighted by molar-refractivity contribution is 5.24. The smallest absolute Gasteiger partial charge is 0.0773 e. The summed E-state index contributed by atoms with van der Waals surface area (Å²) < 4.78 is 0. The van der Waals surface area contributed by atoms with Gasteiger partial charge in [0.25, 0.3) is 0 Å². The number of nitrogens with zero attached hydrogens (tertiary/aromatic N) is 1. The topological polar surface area (TPSA) is 49.5 Å². The van der Waals surface area contributed by atoms with Crippen molar-refractivity contribution in [2.75, 3.05) is 19.7 Å². The molecule has 0 amide bonds. The predicted octanol–water partition coefficient (Wildman–Crippen LogP) is 2.49. The Morgan fingerprint density at radius 2 is 2.05 bits per heavy atom. The van der Waals surface area contributed by atoms with E-state index in [0.29, 0.717) is 6.04 Å². The zero-order valence-corrected chi connectivity index (χ0v) is 12.6. The minimum absolute atomic E-state index is 0.00758. The minimum Gasteiger partial charge on any atom is -0.394 e. The summed E-state index contributed by atoms with van der Waals surface area (Å²) >= 11 is 0. The Morgan fingerprint density at radius 3 is 2.70 bits per heavy atom. The van der Waals surface area contributed by atoms with Gasteiger partial charge in [-0.3, -0.25) is 4.90 Å². The molecule has 20 heavy (non-hydrogen) atoms. The number of aliphatic hydroxyl groups is 1. The van der Waals surface area contributed by atoms with Crippen molar-refractivity contribution >= 4 is 0 Å². The summed E-state index contributed by atoms with van der Waals surface area (Å²) in [6.07, 6.45) is 6.28. The maximum absolute atomic E-state index is 9.83. The van der Waals surface area contributed by atoms with Crippen LogP contribution in [0.4, 0.5) is 0 Å². The van der Waals surface area contributed by atoms with Crippen molar-refractivity contribution < 1.29 is 5.11 Å². The first kappa shape index (κ1) is 15.5. The van der Waals surface area contributed by atoms with Crippen LogP contribution in [-0.4, -0.2) is 35.7 Å². The number of likely N-dealkylation sites (tertiary alicyclic amines) is 1. The molecule has 1 saturated heterocycles. The molecule has 0 radical (unpaired) electrons. The molecule has 0 saturated carbocycles. The Kier molecular flexibility index (Phi) is 5.58. The molecule has 3 nitrogen and oxygen atoms in total. The second kappa shape index (κ2) is 7.21. The van der Waals surface area contributed by atoms with E-state index in [-0.39, 0.29) is 6.61 Å². The highest BCUT2D eigenvalue weighted by Gasteiger charge is 2.32. The summed E-state index contributed by atoms with van der Waals surface area (Å²) in [6, 6.07) is 10.7. The number of aliphatic hydroxyl groups excluding tert-OH is 1. The van der Waals surface area contributed by atoms with Gasteiger partial charge in [0.1, 0.15) is 0 Å². The fourth-order valence-corrected chi connectivity index (χ4v) is 3.29. The molecule has 1 aliphatic heterocycles. The molecule has 3 heteroatoms. The van der Waals surface area contributed by atoms with Crippen molar-refractivity contribution in [3.05, 3.63) is 35.9 Å². The van der Waals surface area contributed by atoms with E-state index in [4.69, 9.17) is 5.73 Å². The van der Waals surface area contributed by atoms with Crippen molar-refractivity contribution in [2.24, 2.45) is 5.73 Å². The van der Waals surface area contributed by atoms with E-state index in [2.05, 4.69) is 11.8 Å². The van der Waals surface area contributed by atoms with E-state index in [1.54, 1.807) is 0 Å². The third kappa shape index (κ3) is 3.60. The molecule has 3 N–H and O–H groups in total. The summed E-state index contributed by atoms with van der Waals surface area (Å²) in [7, 11) is 0. The van der Waals surface area contributed by atoms with Crippen LogP contribution in [0.25, 0.3) is 0 Å². The first-order valence-electron chi connectivity index (χ1n) is 7.89. The van der Waals surface area contributed by atoms with Gasteiger partial charge in [-0.25, -0.2) is 0 Å². The van der Waals surface area contributed by atoms with Crippen LogP contribution < -0.4 is 5.73 Å². The molecule has 1 aliphatic rings. The molecule has 0 bridgehead atoms. The van der Waals surface area contributed by atoms with E-state index < -0.39 is 5.54 Å². The van der Waals surface area contributed by atoms with E-state index in [1.807, 2.05) is 30.3 Å². The second-order valence-electron chi connectivity index (χ2n) is 6.09. The normalized spacial score (nSPS) is 23.4. The molecular formula is C17H28N2O. The number of piperidine rings is 1. The lowest BCUT2D eigenvalue weighted by Crippen LogP contribution is -2.54. The summed E-state index contributed by atoms with van der Waals surface area (Å²) in [5, 5.41) is 9.83. The van der Waals surface area contributed by atoms with Crippen LogP contribution in [0, 0.1) is 0 Å². The average Bonchev–Trinajstić information content (AvgIpc) is 2.50. The lowest BCUT2D eigenvalue weighted by Gasteiger charge is -2.41. The largest absolute Gasteiger partial charge is 0.394 e. The Morgan fingerprint density at radius 1 is 1.30 bits per heavy atom. The summed E-state index contributed by atoms with van der Waals surface area (Å²) in [4.78, 5) is 2.50. The molecule has 2 atom stereocenters. The molecule has 0 aliphatic carbocycles. The van der Waals surface area contributed by atoms with Gasteiger partial charge < -0.3 is 10.8 Å². The number of rotatable bonds is 6. The lowest BCUT2D eigenvalue weighted by atomic mass is 9.88. The molecule has 1 fully saturated rings. The van der Waals surface area contributed by atoms with E-state index in [0.717, 1.165) is 18.7 Å². The summed E-state index contributed by atoms with van der Waals surface area (Å²) in [5.74, 6) is 0. The van der Waals surface area contributed by atoms with Crippen molar-refractivity contribution in [1.82, 2.24) is 4.90 Å². The number of hydrogen-bond donors (Lipinski definition) is 2. The minimum atomic E-state index is -0.648. The molecule has 1 aromatic rings. The Hall–Kier alpha value is -0.900. The van der Waals surface area contributed by atoms with Gasteiger partial charge in [-0.2, -0.15) is 0 Å². The van der Waals surface area contributed by atoms with Crippen LogP contribution in [0.5, 0.6) is 0 Å². The van der Waals surface area contributed by atoms with E-state index in [1.165, 1.54) is 32.1 Å². The average molecular weight is 276 g/mol. The van der Waals surface area contributed by atoms with Gasteiger partial charge >= 0.3 is 0 Å². The Bertz CT molecular complexity index is 393. The molecule has 1 heterocycles. The summed E-state index contributed by atoms with van der Waals surface area (Å²) in [5.41, 5.74) is 6.90. The standard InChI is InChI=1S/C17H28N2O/c1-2-8-16-11-6-7-12-19(16)13-17(18,14-20)15-9-4-3-5-10-15/h3-5,9-10,16,20H,2,6-8,11-14,18H2,1H3. The van der Waals surface area contributed by atoms with Crippen molar-refractivity contribution in [3.63, 3.8) is 0 Å². The van der Waals surface area contributed by atoms with E-state index in [9.17, 15) is 5.11 Å². The van der Waals surface area contributed by atoms with Crippen LogP contribution in [-0.2, 0) is 5.54 Å². The number of hydrogen-bond acceptors (Lipinski definition) is 3. The van der Waals surface area contributed by atoms with Gasteiger partial charge in [-0.1, -0.05) is 50.1 Å². The first-order valence-corrected chi connectivity index (χ1v) is 7.89. The Labute approximate surface area is 122 Å². The highest BCUT2D eigenvalue weighted by Crippen LogP contribution is 2.26. The molecule has 112 valence electrons. The number of nitrogens with two attached hydrogens (primary N) is 1. The monoisotopic (exact) mass is 276 g/mol. The van der Waals surface area contributed by atoms with Crippen LogP contribution in [0.3, 0.4) is 0 Å². The van der Waals surface area contributed by atoms with Crippen LogP contribution in [0.2, 0.25) is 0 Å². The van der Waals surface area contributed by atoms with Gasteiger partial charge in [-0.05, 0) is 31.4 Å². The molecule has 0 spiro atoms. The van der Waals surface area contributed by atoms with Gasteiger partial charge in [0.2, 0.25) is 0 Å². The third-order valence-electron chi connectivity index (χ3n) is 4.49. The maximum Gasteiger partial charge on any atom is 0.0773 e. The van der Waals surface area contributed by atoms with Gasteiger partial charge in [0, 0.05) is 12.6 Å². The van der Waals surface area contributed by atoms with Crippen LogP contribution in [0.15, 0.2) is 30.3 Å². The fraction of sp³-hybridized carbons (Fsp3) is 0.647.